The molecular weight excluding hydrogens is 1320 g/mol. The Labute approximate surface area is 595 Å². The van der Waals surface area contributed by atoms with Crippen LogP contribution in [-0.4, -0.2) is 159 Å². The van der Waals surface area contributed by atoms with Crippen LogP contribution in [0, 0.1) is 11.3 Å². The van der Waals surface area contributed by atoms with Gasteiger partial charge in [0, 0.05) is 62.5 Å². The van der Waals surface area contributed by atoms with Crippen molar-refractivity contribution in [3.63, 3.8) is 0 Å². The summed E-state index contributed by atoms with van der Waals surface area (Å²) >= 11 is 0. The molecule has 6 aromatic rings. The van der Waals surface area contributed by atoms with Gasteiger partial charge < -0.3 is 74.8 Å². The van der Waals surface area contributed by atoms with E-state index in [4.69, 9.17) is 33.4 Å². The van der Waals surface area contributed by atoms with Gasteiger partial charge in [-0.1, -0.05) is 92.7 Å². The second kappa shape index (κ2) is 31.1. The van der Waals surface area contributed by atoms with E-state index in [9.17, 15) is 48.3 Å². The summed E-state index contributed by atoms with van der Waals surface area (Å²) in [5, 5.41) is 25.1. The maximum atomic E-state index is 14.5. The molecule has 6 aromatic carbocycles. The third-order valence-electron chi connectivity index (χ3n) is 19.2. The Morgan fingerprint density at radius 1 is 0.680 bits per heavy atom. The minimum Gasteiger partial charge on any atom is -0.497 e. The number of hydrogen-bond donors (Lipinski definition) is 6. The lowest BCUT2D eigenvalue weighted by Gasteiger charge is -2.31. The zero-order chi connectivity index (χ0) is 72.6. The molecule has 0 aromatic heterocycles. The molecule has 1 unspecified atom stereocenters. The highest BCUT2D eigenvalue weighted by Crippen LogP contribution is 2.57. The maximum absolute atomic E-state index is 14.5. The van der Waals surface area contributed by atoms with Crippen LogP contribution in [0.2, 0.25) is 0 Å². The topological polar surface area (TPSA) is 315 Å². The third-order valence-corrected chi connectivity index (χ3v) is 19.2. The molecule has 9 amide bonds. The smallest absolute Gasteiger partial charge is 0.416 e. The maximum Gasteiger partial charge on any atom is 0.416 e. The van der Waals surface area contributed by atoms with Gasteiger partial charge in [-0.05, 0) is 113 Å². The first-order valence-corrected chi connectivity index (χ1v) is 34.3. The number of carbonyl (C=O) groups is 9. The Kier molecular flexibility index (Phi) is 21.6. The Bertz CT molecular complexity index is 4380. The number of para-hydroxylation sites is 1. The van der Waals surface area contributed by atoms with Gasteiger partial charge in [-0.2, -0.15) is 0 Å². The number of anilines is 3. The fourth-order valence-electron chi connectivity index (χ4n) is 13.3. The number of aliphatic imine (C=N–C) groups is 1. The average molecular weight is 1400 g/mol. The predicted molar refractivity (Wildman–Crippen MR) is 383 cm³/mol. The molecule has 536 valence electrons. The van der Waals surface area contributed by atoms with E-state index in [-0.39, 0.29) is 84.6 Å². The van der Waals surface area contributed by atoms with Crippen molar-refractivity contribution in [2.45, 2.75) is 109 Å². The number of aliphatic hydroxyl groups excluding tert-OH is 1. The van der Waals surface area contributed by atoms with Crippen LogP contribution < -0.4 is 60.1 Å². The molecule has 0 radical (unpaired) electrons. The first-order valence-electron chi connectivity index (χ1n) is 34.3. The number of nitrogens with one attached hydrogen (secondary N) is 5. The highest BCUT2D eigenvalue weighted by molar-refractivity contribution is 6.07. The van der Waals surface area contributed by atoms with Gasteiger partial charge >= 0.3 is 6.09 Å². The summed E-state index contributed by atoms with van der Waals surface area (Å²) in [7, 11) is 4.53. The van der Waals surface area contributed by atoms with Crippen LogP contribution in [0.4, 0.5) is 27.5 Å². The second-order valence-electron chi connectivity index (χ2n) is 26.6. The fourth-order valence-corrected chi connectivity index (χ4v) is 13.3. The summed E-state index contributed by atoms with van der Waals surface area (Å²) in [6.45, 7) is 4.54. The van der Waals surface area contributed by atoms with Gasteiger partial charge in [0.25, 0.3) is 11.8 Å². The minimum absolute atomic E-state index is 0.0517. The van der Waals surface area contributed by atoms with Gasteiger partial charge in [0.2, 0.25) is 35.4 Å². The molecule has 5 heterocycles. The van der Waals surface area contributed by atoms with E-state index >= 15 is 0 Å². The van der Waals surface area contributed by atoms with Gasteiger partial charge in [-0.15, -0.1) is 0 Å². The largest absolute Gasteiger partial charge is 0.497 e. The number of methoxy groups -OCH3 is 3. The monoisotopic (exact) mass is 1400 g/mol. The molecule has 0 bridgehead atoms. The zero-order valence-corrected chi connectivity index (χ0v) is 58.0. The number of ether oxygens (including phenoxy) is 6. The quantitative estimate of drug-likeness (QED) is 0.0293. The van der Waals surface area contributed by atoms with Crippen molar-refractivity contribution in [2.75, 3.05) is 69.3 Å². The van der Waals surface area contributed by atoms with E-state index in [1.807, 2.05) is 91.1 Å². The molecule has 1 saturated carbocycles. The number of nitrogens with zero attached hydrogens (tertiary/aromatic N) is 5. The summed E-state index contributed by atoms with van der Waals surface area (Å²) < 4.78 is 35.1. The second-order valence-corrected chi connectivity index (χ2v) is 26.6. The van der Waals surface area contributed by atoms with Crippen LogP contribution in [0.25, 0.3) is 17.7 Å². The number of aliphatic hydroxyl groups is 1. The molecule has 5 aliphatic heterocycles. The lowest BCUT2D eigenvalue weighted by atomic mass is 10.0. The average Bonchev–Trinajstić information content (AvgIpc) is 1.57. The van der Waals surface area contributed by atoms with E-state index in [1.54, 1.807) is 78.3 Å². The van der Waals surface area contributed by atoms with Gasteiger partial charge in [-0.25, -0.2) is 9.69 Å². The molecule has 103 heavy (non-hydrogen) atoms. The number of hydrogen-bond acceptors (Lipinski definition) is 17. The van der Waals surface area contributed by atoms with Crippen LogP contribution in [0.5, 0.6) is 28.7 Å². The van der Waals surface area contributed by atoms with Crippen molar-refractivity contribution < 1.29 is 76.7 Å². The standard InChI is InChI=1S/C77H82N10O16/c1-45(2)70(83-68(90)40-80-67(89)39-79-66(88)26-27-69(91)85-41-51-14-8-7-12-48(51)18-19-50-13-9-10-15-59(50)85)72(93)81-46(3)71(92)82-53-22-16-47(17-23-53)43-103-76(97)87-60-36-65(63(100-6)34-57(60)74(95)86-44-77(28-29-77)37-61(86)75(87)96)102-31-11-30-101-64-35-58-56(33-62(64)99-5)73(94)84-42-52(32-54(84)38-78-58)49-20-24-55(98-4)25-21-49/h7-10,12-25,33-36,38,42,45-46,54,61,70,75,96H,11,26-32,37,39-41,43-44H2,1-6H3,(H,79,88)(H,80,89)(H,81,93)(H,82,92)(H,83,90)/b19-18-/t46-,54-,61-,70-,75?/m0/s1. The van der Waals surface area contributed by atoms with Gasteiger partial charge in [0.15, 0.2) is 29.2 Å². The van der Waals surface area contributed by atoms with Crippen molar-refractivity contribution in [1.82, 2.24) is 31.1 Å². The molecule has 5 atom stereocenters. The van der Waals surface area contributed by atoms with E-state index in [0.29, 0.717) is 72.0 Å². The minimum atomic E-state index is -1.50. The van der Waals surface area contributed by atoms with E-state index < -0.39 is 79.0 Å². The van der Waals surface area contributed by atoms with Crippen LogP contribution >= 0.6 is 0 Å². The third kappa shape index (κ3) is 16.1. The first kappa shape index (κ1) is 71.3. The summed E-state index contributed by atoms with van der Waals surface area (Å²) in [5.41, 5.74) is 7.11. The molecular formula is C77H82N10O16. The predicted octanol–water partition coefficient (Wildman–Crippen LogP) is 8.32. The molecule has 2 fully saturated rings. The molecule has 12 rings (SSSR count). The van der Waals surface area contributed by atoms with Crippen molar-refractivity contribution in [3.8, 4) is 28.7 Å². The number of amides is 9. The highest BCUT2D eigenvalue weighted by Gasteiger charge is 2.58. The number of rotatable bonds is 25. The summed E-state index contributed by atoms with van der Waals surface area (Å²) in [4.78, 5) is 133. The Morgan fingerprint density at radius 2 is 1.35 bits per heavy atom. The SMILES string of the molecule is COc1ccc(C2=CN3C(=O)c4cc(OC)c(OCCCOc5cc6c(cc5OC)C(=O)N5CC7(CC7)C[C@H]5C(O)N6C(=O)OCc5ccc(NC(=O)[C@H](C)NC(=O)[C@@H](NC(=O)CNC(=O)CNC(=O)CCC(=O)N6Cc7ccccc7/C=C\c7ccccc76)C(C)C)cc5)cc4N=C[C@@H]3C2)cc1. The Morgan fingerprint density at radius 3 is 2.06 bits per heavy atom. The van der Waals surface area contributed by atoms with E-state index in [2.05, 4.69) is 26.6 Å². The van der Waals surface area contributed by atoms with E-state index in [1.165, 1.54) is 33.3 Å². The van der Waals surface area contributed by atoms with Crippen LogP contribution in [0.3, 0.4) is 0 Å². The molecule has 1 spiro atoms. The number of carbonyl (C=O) groups excluding carboxylic acids is 9. The summed E-state index contributed by atoms with van der Waals surface area (Å²) in [5.74, 6) is -2.66. The molecule has 6 aliphatic rings. The Balaban J connectivity index is 0.606. The zero-order valence-electron chi connectivity index (χ0n) is 58.0. The number of fused-ring (bicyclic) bond motifs is 6. The molecule has 26 nitrogen and oxygen atoms in total. The lowest BCUT2D eigenvalue weighted by Crippen LogP contribution is -2.55. The van der Waals surface area contributed by atoms with Crippen molar-refractivity contribution >= 4 is 100 Å². The van der Waals surface area contributed by atoms with Crippen molar-refractivity contribution in [3.05, 3.63) is 166 Å². The molecule has 1 aliphatic carbocycles. The number of benzene rings is 6. The first-order chi connectivity index (χ1) is 49.7. The van der Waals surface area contributed by atoms with Crippen molar-refractivity contribution in [2.24, 2.45) is 16.3 Å². The van der Waals surface area contributed by atoms with Gasteiger partial charge in [0.1, 0.15) is 24.4 Å². The van der Waals surface area contributed by atoms with Crippen LogP contribution in [0.15, 0.2) is 133 Å². The van der Waals surface area contributed by atoms with Crippen molar-refractivity contribution in [1.29, 1.82) is 0 Å². The molecule has 6 N–H and O–H groups in total. The molecule has 1 saturated heterocycles. The summed E-state index contributed by atoms with van der Waals surface area (Å²) in [6.07, 6.45) is 7.99. The lowest BCUT2D eigenvalue weighted by molar-refractivity contribution is -0.132. The summed E-state index contributed by atoms with van der Waals surface area (Å²) in [6, 6.07) is 32.4. The van der Waals surface area contributed by atoms with Crippen LogP contribution in [-0.2, 0) is 46.7 Å². The normalized spacial score (nSPS) is 18.1. The van der Waals surface area contributed by atoms with Gasteiger partial charge in [-0.3, -0.25) is 43.3 Å². The van der Waals surface area contributed by atoms with Gasteiger partial charge in [0.05, 0.1) is 94.5 Å². The van der Waals surface area contributed by atoms with Crippen LogP contribution in [0.1, 0.15) is 114 Å². The van der Waals surface area contributed by atoms with E-state index in [0.717, 1.165) is 51.3 Å². The Hall–Kier alpha value is -11.5. The fraction of sp³-hybridized carbons (Fsp3) is 0.351. The molecule has 26 heteroatoms. The highest BCUT2D eigenvalue weighted by atomic mass is 16.6.